The van der Waals surface area contributed by atoms with Gasteiger partial charge in [0.2, 0.25) is 5.91 Å². The summed E-state index contributed by atoms with van der Waals surface area (Å²) in [6, 6.07) is 0. The van der Waals surface area contributed by atoms with Crippen molar-refractivity contribution in [3.05, 3.63) is 46.6 Å². The number of aliphatic hydroxyl groups is 1. The monoisotopic (exact) mass is 387 g/mol. The molecule has 0 saturated carbocycles. The average molecular weight is 388 g/mol. The number of piperidine rings is 1. The number of allylic oxidation sites excluding steroid dienone is 7. The molecule has 28 heavy (non-hydrogen) atoms. The Morgan fingerprint density at radius 1 is 0.893 bits per heavy atom. The zero-order valence-electron chi connectivity index (χ0n) is 18.8. The number of aliphatic hydroxyl groups excluding tert-OH is 1. The van der Waals surface area contributed by atoms with Crippen molar-refractivity contribution in [2.75, 3.05) is 13.1 Å². The largest absolute Gasteiger partial charge is 0.391 e. The van der Waals surface area contributed by atoms with Crippen LogP contribution in [0.15, 0.2) is 46.6 Å². The molecule has 1 aliphatic heterocycles. The van der Waals surface area contributed by atoms with E-state index in [2.05, 4.69) is 45.9 Å². The minimum absolute atomic E-state index is 0.0469. The van der Waals surface area contributed by atoms with Crippen LogP contribution in [0.3, 0.4) is 0 Å². The molecule has 0 aromatic heterocycles. The molecule has 1 heterocycles. The van der Waals surface area contributed by atoms with Crippen LogP contribution in [0.2, 0.25) is 0 Å². The highest BCUT2D eigenvalue weighted by Gasteiger charge is 2.20. The second kappa shape index (κ2) is 13.5. The van der Waals surface area contributed by atoms with E-state index in [-0.39, 0.29) is 12.0 Å². The molecule has 158 valence electrons. The lowest BCUT2D eigenvalue weighted by Gasteiger charge is -2.29. The Labute approximate surface area is 172 Å². The lowest BCUT2D eigenvalue weighted by Crippen LogP contribution is -2.41. The molecular formula is C25H41NO2. The number of nitrogens with zero attached hydrogens (tertiary/aromatic N) is 1. The summed E-state index contributed by atoms with van der Waals surface area (Å²) in [7, 11) is 0. The smallest absolute Gasteiger partial charge is 0.246 e. The molecule has 3 nitrogen and oxygen atoms in total. The molecule has 0 aromatic rings. The van der Waals surface area contributed by atoms with Crippen molar-refractivity contribution >= 4 is 5.91 Å². The molecule has 1 fully saturated rings. The van der Waals surface area contributed by atoms with Crippen molar-refractivity contribution in [2.45, 2.75) is 92.1 Å². The highest BCUT2D eigenvalue weighted by molar-refractivity contribution is 5.88. The van der Waals surface area contributed by atoms with Gasteiger partial charge in [-0.3, -0.25) is 4.79 Å². The van der Waals surface area contributed by atoms with Crippen molar-refractivity contribution in [1.29, 1.82) is 0 Å². The van der Waals surface area contributed by atoms with Crippen LogP contribution < -0.4 is 0 Å². The molecule has 1 aliphatic rings. The molecule has 0 bridgehead atoms. The molecule has 0 aromatic carbocycles. The van der Waals surface area contributed by atoms with Crippen molar-refractivity contribution in [1.82, 2.24) is 4.90 Å². The van der Waals surface area contributed by atoms with Gasteiger partial charge < -0.3 is 10.0 Å². The summed E-state index contributed by atoms with van der Waals surface area (Å²) < 4.78 is 0. The lowest BCUT2D eigenvalue weighted by molar-refractivity contribution is -0.129. The summed E-state index contributed by atoms with van der Waals surface area (Å²) in [5, 5.41) is 9.71. The molecule has 1 atom stereocenters. The maximum atomic E-state index is 12.3. The molecule has 1 amide bonds. The third-order valence-corrected chi connectivity index (χ3v) is 5.23. The van der Waals surface area contributed by atoms with Gasteiger partial charge in [-0.15, -0.1) is 0 Å². The number of hydrogen-bond donors (Lipinski definition) is 1. The van der Waals surface area contributed by atoms with E-state index in [1.165, 1.54) is 16.7 Å². The molecule has 1 rings (SSSR count). The highest BCUT2D eigenvalue weighted by Crippen LogP contribution is 2.15. The third-order valence-electron chi connectivity index (χ3n) is 5.23. The van der Waals surface area contributed by atoms with Crippen molar-refractivity contribution < 1.29 is 9.90 Å². The normalized spacial score (nSPS) is 19.0. The van der Waals surface area contributed by atoms with Gasteiger partial charge in [-0.2, -0.15) is 0 Å². The van der Waals surface area contributed by atoms with Crippen LogP contribution in [-0.2, 0) is 4.79 Å². The SMILES string of the molecule is CC(C)=CCCC(C)=CCCC(C)=CCCC(C)=CC(=O)N1CCCC(O)C1. The van der Waals surface area contributed by atoms with Gasteiger partial charge in [0.15, 0.2) is 0 Å². The Morgan fingerprint density at radius 3 is 1.96 bits per heavy atom. The Morgan fingerprint density at radius 2 is 1.43 bits per heavy atom. The molecule has 1 saturated heterocycles. The first-order chi connectivity index (χ1) is 13.3. The van der Waals surface area contributed by atoms with Gasteiger partial charge in [-0.25, -0.2) is 0 Å². The van der Waals surface area contributed by atoms with E-state index in [1.54, 1.807) is 11.0 Å². The second-order valence-corrected chi connectivity index (χ2v) is 8.57. The third kappa shape index (κ3) is 11.3. The van der Waals surface area contributed by atoms with Crippen LogP contribution >= 0.6 is 0 Å². The van der Waals surface area contributed by atoms with Gasteiger partial charge in [-0.05, 0) is 86.0 Å². The minimum Gasteiger partial charge on any atom is -0.391 e. The van der Waals surface area contributed by atoms with Crippen LogP contribution in [0.4, 0.5) is 0 Å². The van der Waals surface area contributed by atoms with Crippen LogP contribution in [0.5, 0.6) is 0 Å². The summed E-state index contributed by atoms with van der Waals surface area (Å²) >= 11 is 0. The maximum absolute atomic E-state index is 12.3. The zero-order chi connectivity index (χ0) is 20.9. The first-order valence-electron chi connectivity index (χ1n) is 10.9. The Bertz CT molecular complexity index is 606. The topological polar surface area (TPSA) is 40.5 Å². The van der Waals surface area contributed by atoms with E-state index in [9.17, 15) is 9.90 Å². The molecule has 3 heteroatoms. The number of rotatable bonds is 10. The molecular weight excluding hydrogens is 346 g/mol. The minimum atomic E-state index is -0.359. The summed E-state index contributed by atoms with van der Waals surface area (Å²) in [6.07, 6.45) is 16.5. The first-order valence-corrected chi connectivity index (χ1v) is 10.9. The Balaban J connectivity index is 2.30. The van der Waals surface area contributed by atoms with Crippen LogP contribution in [0.1, 0.15) is 86.0 Å². The van der Waals surface area contributed by atoms with Crippen LogP contribution in [0.25, 0.3) is 0 Å². The summed E-state index contributed by atoms with van der Waals surface area (Å²) in [4.78, 5) is 14.1. The number of hydrogen-bond acceptors (Lipinski definition) is 2. The highest BCUT2D eigenvalue weighted by atomic mass is 16.3. The molecule has 0 aliphatic carbocycles. The van der Waals surface area contributed by atoms with E-state index in [4.69, 9.17) is 0 Å². The summed E-state index contributed by atoms with van der Waals surface area (Å²) in [6.45, 7) is 12.0. The molecule has 1 N–H and O–H groups in total. The lowest BCUT2D eigenvalue weighted by atomic mass is 10.0. The number of carbonyl (C=O) groups excluding carboxylic acids is 1. The zero-order valence-corrected chi connectivity index (χ0v) is 18.8. The van der Waals surface area contributed by atoms with E-state index in [1.807, 2.05) is 6.92 Å². The van der Waals surface area contributed by atoms with Crippen molar-refractivity contribution in [3.63, 3.8) is 0 Å². The maximum Gasteiger partial charge on any atom is 0.246 e. The number of carbonyl (C=O) groups is 1. The van der Waals surface area contributed by atoms with Gasteiger partial charge in [0.1, 0.15) is 0 Å². The fourth-order valence-corrected chi connectivity index (χ4v) is 3.41. The quantitative estimate of drug-likeness (QED) is 0.362. The molecule has 0 radical (unpaired) electrons. The van der Waals surface area contributed by atoms with Gasteiger partial charge in [-0.1, -0.05) is 40.5 Å². The van der Waals surface area contributed by atoms with Gasteiger partial charge in [0, 0.05) is 19.2 Å². The Kier molecular flexibility index (Phi) is 11.8. The summed E-state index contributed by atoms with van der Waals surface area (Å²) in [5.41, 5.74) is 5.41. The Hall–Kier alpha value is -1.61. The van der Waals surface area contributed by atoms with Gasteiger partial charge >= 0.3 is 0 Å². The predicted octanol–water partition coefficient (Wildman–Crippen LogP) is 6.12. The fraction of sp³-hybridized carbons (Fsp3) is 0.640. The number of β-amino-alcohol motifs (C(OH)–C–C–N with tert-alkyl or cyclic N) is 1. The van der Waals surface area contributed by atoms with Crippen LogP contribution in [0, 0.1) is 0 Å². The van der Waals surface area contributed by atoms with Gasteiger partial charge in [0.25, 0.3) is 0 Å². The van der Waals surface area contributed by atoms with E-state index in [0.717, 1.165) is 63.5 Å². The fourth-order valence-electron chi connectivity index (χ4n) is 3.41. The van der Waals surface area contributed by atoms with E-state index >= 15 is 0 Å². The van der Waals surface area contributed by atoms with E-state index in [0.29, 0.717) is 6.54 Å². The first kappa shape index (κ1) is 24.4. The van der Waals surface area contributed by atoms with Crippen molar-refractivity contribution in [3.8, 4) is 0 Å². The van der Waals surface area contributed by atoms with E-state index < -0.39 is 0 Å². The number of likely N-dealkylation sites (tertiary alicyclic amines) is 1. The predicted molar refractivity (Wildman–Crippen MR) is 120 cm³/mol. The molecule has 1 unspecified atom stereocenters. The standard InChI is InChI=1S/C25H41NO2/c1-20(2)10-6-11-21(3)12-7-13-22(4)14-8-15-23(5)18-25(28)26-17-9-16-24(27)19-26/h10,12,14,18,24,27H,6-9,11,13,15-17,19H2,1-5H3. The second-order valence-electron chi connectivity index (χ2n) is 8.57. The van der Waals surface area contributed by atoms with Crippen molar-refractivity contribution in [2.24, 2.45) is 0 Å². The number of amides is 1. The van der Waals surface area contributed by atoms with Crippen LogP contribution in [-0.4, -0.2) is 35.1 Å². The van der Waals surface area contributed by atoms with Gasteiger partial charge in [0.05, 0.1) is 6.10 Å². The average Bonchev–Trinajstić information content (AvgIpc) is 2.61. The molecule has 0 spiro atoms. The summed E-state index contributed by atoms with van der Waals surface area (Å²) in [5.74, 6) is 0.0469.